The van der Waals surface area contributed by atoms with Crippen LogP contribution in [0.1, 0.15) is 19.8 Å². The van der Waals surface area contributed by atoms with Gasteiger partial charge in [0.05, 0.1) is 6.16 Å². The van der Waals surface area contributed by atoms with E-state index in [9.17, 15) is 9.13 Å². The molecule has 2 N–H and O–H groups in total. The fraction of sp³-hybridized carbons (Fsp3) is 1.00. The standard InChI is InChI=1S/C4H10O5P2/c1-2-3-4-11(7,8)9-10(5)6/h2-4H2,1H3,(H-,5,6,7,8)/p+1. The average molecular weight is 201 g/mol. The van der Waals surface area contributed by atoms with E-state index < -0.39 is 15.9 Å². The van der Waals surface area contributed by atoms with E-state index in [0.717, 1.165) is 6.42 Å². The first-order chi connectivity index (χ1) is 4.98. The van der Waals surface area contributed by atoms with E-state index in [0.29, 0.717) is 6.42 Å². The van der Waals surface area contributed by atoms with Crippen molar-refractivity contribution in [3.63, 3.8) is 0 Å². The Kier molecular flexibility index (Phi) is 5.06. The van der Waals surface area contributed by atoms with Gasteiger partial charge in [-0.05, 0) is 10.7 Å². The van der Waals surface area contributed by atoms with Crippen LogP contribution in [0.2, 0.25) is 0 Å². The molecule has 2 atom stereocenters. The van der Waals surface area contributed by atoms with Gasteiger partial charge in [0.25, 0.3) is 0 Å². The number of rotatable bonds is 5. The van der Waals surface area contributed by atoms with Gasteiger partial charge in [0.15, 0.2) is 0 Å². The Morgan fingerprint density at radius 2 is 2.18 bits per heavy atom. The van der Waals surface area contributed by atoms with E-state index in [2.05, 4.69) is 4.31 Å². The zero-order valence-corrected chi connectivity index (χ0v) is 7.92. The first kappa shape index (κ1) is 11.2. The lowest BCUT2D eigenvalue weighted by molar-refractivity contribution is 0.349. The minimum Gasteiger partial charge on any atom is -0.322 e. The topological polar surface area (TPSA) is 83.8 Å². The highest BCUT2D eigenvalue weighted by Gasteiger charge is 2.31. The molecule has 7 heteroatoms. The van der Waals surface area contributed by atoms with E-state index in [1.54, 1.807) is 0 Å². The number of hydrogen-bond donors (Lipinski definition) is 2. The predicted octanol–water partition coefficient (Wildman–Crippen LogP) is 1.64. The maximum Gasteiger partial charge on any atom is 0.703 e. The van der Waals surface area contributed by atoms with Crippen LogP contribution in [0, 0.1) is 0 Å². The van der Waals surface area contributed by atoms with Gasteiger partial charge in [0, 0.05) is 4.57 Å². The molecule has 0 aromatic carbocycles. The van der Waals surface area contributed by atoms with Gasteiger partial charge in [-0.15, -0.1) is 4.89 Å². The fourth-order valence-electron chi connectivity index (χ4n) is 0.508. The minimum atomic E-state index is -3.80. The molecule has 0 aliphatic heterocycles. The SMILES string of the molecule is CCCCP(=O)(O)O[P+](=O)O. The molecular formula is C4H11O5P2+. The maximum absolute atomic E-state index is 10.8. The molecule has 0 aromatic heterocycles. The summed E-state index contributed by atoms with van der Waals surface area (Å²) in [6.07, 6.45) is 1.19. The summed E-state index contributed by atoms with van der Waals surface area (Å²) in [5.74, 6) is 0. The van der Waals surface area contributed by atoms with E-state index in [1.807, 2.05) is 6.92 Å². The highest BCUT2D eigenvalue weighted by Crippen LogP contribution is 2.50. The zero-order chi connectivity index (χ0) is 8.91. The zero-order valence-electron chi connectivity index (χ0n) is 6.13. The van der Waals surface area contributed by atoms with Gasteiger partial charge < -0.3 is 4.89 Å². The molecule has 0 bridgehead atoms. The van der Waals surface area contributed by atoms with Gasteiger partial charge in [-0.3, -0.25) is 4.57 Å². The molecule has 0 heterocycles. The minimum absolute atomic E-state index is 0.0644. The molecule has 0 rings (SSSR count). The van der Waals surface area contributed by atoms with E-state index in [-0.39, 0.29) is 6.16 Å². The van der Waals surface area contributed by atoms with Crippen molar-refractivity contribution in [3.05, 3.63) is 0 Å². The van der Waals surface area contributed by atoms with Gasteiger partial charge in [-0.1, -0.05) is 13.3 Å². The van der Waals surface area contributed by atoms with Crippen molar-refractivity contribution < 1.29 is 23.2 Å². The number of unbranched alkanes of at least 4 members (excludes halogenated alkanes) is 1. The van der Waals surface area contributed by atoms with Crippen LogP contribution in [-0.2, 0) is 13.4 Å². The second kappa shape index (κ2) is 4.96. The van der Waals surface area contributed by atoms with Crippen LogP contribution in [0.4, 0.5) is 0 Å². The van der Waals surface area contributed by atoms with Crippen LogP contribution >= 0.6 is 15.9 Å². The smallest absolute Gasteiger partial charge is 0.322 e. The second-order valence-corrected chi connectivity index (χ2v) is 4.89. The molecule has 0 aromatic rings. The van der Waals surface area contributed by atoms with E-state index >= 15 is 0 Å². The van der Waals surface area contributed by atoms with Crippen LogP contribution in [0.3, 0.4) is 0 Å². The summed E-state index contributed by atoms with van der Waals surface area (Å²) in [5, 5.41) is 0. The lowest BCUT2D eigenvalue weighted by Crippen LogP contribution is -1.88. The average Bonchev–Trinajstić information content (AvgIpc) is 1.81. The molecular weight excluding hydrogens is 190 g/mol. The van der Waals surface area contributed by atoms with Crippen LogP contribution < -0.4 is 0 Å². The van der Waals surface area contributed by atoms with Gasteiger partial charge in [-0.2, -0.15) is 0 Å². The Hall–Kier alpha value is 0.210. The second-order valence-electron chi connectivity index (χ2n) is 2.03. The lowest BCUT2D eigenvalue weighted by atomic mass is 10.4. The Bertz CT molecular complexity index is 179. The van der Waals surface area contributed by atoms with E-state index in [4.69, 9.17) is 9.79 Å². The van der Waals surface area contributed by atoms with Gasteiger partial charge in [-0.25, -0.2) is 0 Å². The van der Waals surface area contributed by atoms with Crippen LogP contribution in [-0.4, -0.2) is 15.9 Å². The highest BCUT2D eigenvalue weighted by atomic mass is 31.2. The summed E-state index contributed by atoms with van der Waals surface area (Å²) in [7, 11) is -6.77. The van der Waals surface area contributed by atoms with Crippen LogP contribution in [0.25, 0.3) is 0 Å². The first-order valence-electron chi connectivity index (χ1n) is 3.15. The van der Waals surface area contributed by atoms with Crippen molar-refractivity contribution in [2.75, 3.05) is 6.16 Å². The van der Waals surface area contributed by atoms with Crippen LogP contribution in [0.15, 0.2) is 0 Å². The number of hydrogen-bond acceptors (Lipinski definition) is 3. The predicted molar refractivity (Wildman–Crippen MR) is 40.5 cm³/mol. The molecule has 0 fully saturated rings. The maximum atomic E-state index is 10.8. The molecule has 5 nitrogen and oxygen atoms in total. The first-order valence-corrected chi connectivity index (χ1v) is 6.05. The van der Waals surface area contributed by atoms with E-state index in [1.165, 1.54) is 0 Å². The van der Waals surface area contributed by atoms with Gasteiger partial charge >= 0.3 is 15.9 Å². The molecule has 0 amide bonds. The summed E-state index contributed by atoms with van der Waals surface area (Å²) in [4.78, 5) is 16.9. The molecule has 0 aliphatic carbocycles. The van der Waals surface area contributed by atoms with Crippen molar-refractivity contribution in [2.45, 2.75) is 19.8 Å². The Morgan fingerprint density at radius 1 is 1.64 bits per heavy atom. The summed E-state index contributed by atoms with van der Waals surface area (Å²) in [5.41, 5.74) is 0. The quantitative estimate of drug-likeness (QED) is 0.660. The molecule has 0 saturated carbocycles. The van der Waals surface area contributed by atoms with Crippen molar-refractivity contribution >= 4 is 15.9 Å². The Balaban J connectivity index is 3.80. The Morgan fingerprint density at radius 3 is 2.55 bits per heavy atom. The summed E-state index contributed by atoms with van der Waals surface area (Å²) < 4.78 is 24.7. The van der Waals surface area contributed by atoms with Gasteiger partial charge in [0.2, 0.25) is 0 Å². The summed E-state index contributed by atoms with van der Waals surface area (Å²) >= 11 is 0. The third-order valence-electron chi connectivity index (χ3n) is 0.992. The van der Waals surface area contributed by atoms with Gasteiger partial charge in [0.1, 0.15) is 0 Å². The van der Waals surface area contributed by atoms with Crippen molar-refractivity contribution in [3.8, 4) is 0 Å². The Labute approximate surface area is 65.9 Å². The largest absolute Gasteiger partial charge is 0.703 e. The third kappa shape index (κ3) is 6.60. The third-order valence-corrected chi connectivity index (χ3v) is 3.45. The molecule has 11 heavy (non-hydrogen) atoms. The van der Waals surface area contributed by atoms with Crippen LogP contribution in [0.5, 0.6) is 0 Å². The fourth-order valence-corrected chi connectivity index (χ4v) is 2.42. The molecule has 2 unspecified atom stereocenters. The normalized spacial score (nSPS) is 17.5. The van der Waals surface area contributed by atoms with Crippen molar-refractivity contribution in [1.29, 1.82) is 0 Å². The lowest BCUT2D eigenvalue weighted by Gasteiger charge is -2.00. The van der Waals surface area contributed by atoms with Crippen molar-refractivity contribution in [1.82, 2.24) is 0 Å². The molecule has 0 aliphatic rings. The highest BCUT2D eigenvalue weighted by molar-refractivity contribution is 7.59. The monoisotopic (exact) mass is 201 g/mol. The molecule has 0 radical (unpaired) electrons. The summed E-state index contributed by atoms with van der Waals surface area (Å²) in [6.45, 7) is 1.85. The van der Waals surface area contributed by atoms with Crippen molar-refractivity contribution in [2.24, 2.45) is 0 Å². The summed E-state index contributed by atoms with van der Waals surface area (Å²) in [6, 6.07) is 0. The molecule has 0 saturated heterocycles. The molecule has 0 spiro atoms. The molecule has 66 valence electrons.